The van der Waals surface area contributed by atoms with Gasteiger partial charge in [-0.25, -0.2) is 0 Å². The molecule has 0 saturated carbocycles. The fourth-order valence-corrected chi connectivity index (χ4v) is 2.85. The summed E-state index contributed by atoms with van der Waals surface area (Å²) in [4.78, 5) is 13.0. The van der Waals surface area contributed by atoms with Crippen LogP contribution < -0.4 is 10.2 Å². The van der Waals surface area contributed by atoms with Crippen molar-refractivity contribution in [3.63, 3.8) is 0 Å². The molecule has 0 aliphatic rings. The molecule has 1 heterocycles. The lowest BCUT2D eigenvalue weighted by Crippen LogP contribution is -2.06. The predicted molar refractivity (Wildman–Crippen MR) is 103 cm³/mol. The second-order valence-electron chi connectivity index (χ2n) is 6.45. The smallest absolute Gasteiger partial charge is 0.204 e. The van der Waals surface area contributed by atoms with E-state index in [1.54, 1.807) is 6.07 Å². The number of hydrogen-bond acceptors (Lipinski definition) is 6. The summed E-state index contributed by atoms with van der Waals surface area (Å²) in [5, 5.41) is 30.5. The molecule has 1 aromatic heterocycles. The van der Waals surface area contributed by atoms with Crippen molar-refractivity contribution in [3.05, 3.63) is 58.0 Å². The standard InChI is InChI=1S/C21H20O6/c1-11(2)4-6-13-16(23)9-18-19(20(13)24)21(25)14(10-27-18)12-5-7-15(22)17(8-12)26-3/h4-5,7-10,22-24H,6H2,1-3H3. The summed E-state index contributed by atoms with van der Waals surface area (Å²) < 4.78 is 10.6. The zero-order valence-electron chi connectivity index (χ0n) is 15.2. The van der Waals surface area contributed by atoms with E-state index in [4.69, 9.17) is 9.15 Å². The third-order valence-corrected chi connectivity index (χ3v) is 4.33. The SMILES string of the molecule is COc1cc(-c2coc3cc(O)c(CC=C(C)C)c(O)c3c2=O)ccc1O. The van der Waals surface area contributed by atoms with Crippen LogP contribution in [0.15, 0.2) is 51.4 Å². The molecule has 2 aromatic carbocycles. The van der Waals surface area contributed by atoms with Crippen LogP contribution in [0.3, 0.4) is 0 Å². The van der Waals surface area contributed by atoms with E-state index in [0.717, 1.165) is 5.57 Å². The van der Waals surface area contributed by atoms with Gasteiger partial charge in [0.1, 0.15) is 28.7 Å². The van der Waals surface area contributed by atoms with Crippen molar-refractivity contribution in [1.29, 1.82) is 0 Å². The number of benzene rings is 2. The average molecular weight is 368 g/mol. The molecule has 3 aromatic rings. The zero-order chi connectivity index (χ0) is 19.7. The molecule has 0 saturated heterocycles. The fourth-order valence-electron chi connectivity index (χ4n) is 2.85. The van der Waals surface area contributed by atoms with Gasteiger partial charge in [0.2, 0.25) is 5.43 Å². The van der Waals surface area contributed by atoms with E-state index in [1.807, 2.05) is 19.9 Å². The first-order valence-electron chi connectivity index (χ1n) is 8.33. The quantitative estimate of drug-likeness (QED) is 0.600. The highest BCUT2D eigenvalue weighted by Gasteiger charge is 2.19. The molecule has 0 radical (unpaired) electrons. The lowest BCUT2D eigenvalue weighted by molar-refractivity contribution is 0.373. The Kier molecular flexibility index (Phi) is 4.81. The normalized spacial score (nSPS) is 10.8. The van der Waals surface area contributed by atoms with Crippen LogP contribution in [0.2, 0.25) is 0 Å². The van der Waals surface area contributed by atoms with Gasteiger partial charge in [-0.2, -0.15) is 0 Å². The first kappa shape index (κ1) is 18.4. The Morgan fingerprint density at radius 2 is 1.89 bits per heavy atom. The number of phenolic OH excluding ortho intramolecular Hbond substituents is 3. The van der Waals surface area contributed by atoms with E-state index in [1.165, 1.54) is 31.6 Å². The second-order valence-corrected chi connectivity index (χ2v) is 6.45. The van der Waals surface area contributed by atoms with Crippen molar-refractivity contribution in [2.75, 3.05) is 7.11 Å². The van der Waals surface area contributed by atoms with E-state index < -0.39 is 5.43 Å². The molecule has 27 heavy (non-hydrogen) atoms. The molecule has 6 nitrogen and oxygen atoms in total. The van der Waals surface area contributed by atoms with Gasteiger partial charge >= 0.3 is 0 Å². The highest BCUT2D eigenvalue weighted by Crippen LogP contribution is 2.36. The molecule has 0 spiro atoms. The number of allylic oxidation sites excluding steroid dienone is 2. The predicted octanol–water partition coefficient (Wildman–Crippen LogP) is 4.09. The minimum Gasteiger partial charge on any atom is -0.507 e. The number of fused-ring (bicyclic) bond motifs is 1. The third kappa shape index (κ3) is 3.33. The van der Waals surface area contributed by atoms with Crippen LogP contribution in [0, 0.1) is 0 Å². The lowest BCUT2D eigenvalue weighted by atomic mass is 10.0. The Labute approximate surface area is 155 Å². The Morgan fingerprint density at radius 3 is 2.56 bits per heavy atom. The van der Waals surface area contributed by atoms with Crippen LogP contribution in [0.1, 0.15) is 19.4 Å². The Hall–Kier alpha value is -3.41. The molecule has 140 valence electrons. The van der Waals surface area contributed by atoms with Gasteiger partial charge in [-0.3, -0.25) is 4.79 Å². The van der Waals surface area contributed by atoms with Crippen LogP contribution in [0.5, 0.6) is 23.0 Å². The first-order chi connectivity index (χ1) is 12.8. The maximum absolute atomic E-state index is 13.0. The van der Waals surface area contributed by atoms with E-state index in [2.05, 4.69) is 0 Å². The molecule has 0 fully saturated rings. The van der Waals surface area contributed by atoms with Gasteiger partial charge in [0.25, 0.3) is 0 Å². The molecule has 0 bridgehead atoms. The van der Waals surface area contributed by atoms with Gasteiger partial charge in [-0.15, -0.1) is 0 Å². The van der Waals surface area contributed by atoms with Crippen molar-refractivity contribution in [2.45, 2.75) is 20.3 Å². The van der Waals surface area contributed by atoms with Gasteiger partial charge in [0, 0.05) is 11.6 Å². The molecule has 0 aliphatic carbocycles. The monoisotopic (exact) mass is 368 g/mol. The van der Waals surface area contributed by atoms with Crippen LogP contribution in [0.4, 0.5) is 0 Å². The number of rotatable bonds is 4. The van der Waals surface area contributed by atoms with Gasteiger partial charge in [-0.05, 0) is 38.0 Å². The van der Waals surface area contributed by atoms with Crippen LogP contribution in [-0.4, -0.2) is 22.4 Å². The summed E-state index contributed by atoms with van der Waals surface area (Å²) in [6.45, 7) is 3.81. The van der Waals surface area contributed by atoms with Crippen molar-refractivity contribution < 1.29 is 24.5 Å². The van der Waals surface area contributed by atoms with Gasteiger partial charge in [0.15, 0.2) is 11.5 Å². The van der Waals surface area contributed by atoms with E-state index >= 15 is 0 Å². The fraction of sp³-hybridized carbons (Fsp3) is 0.190. The highest BCUT2D eigenvalue weighted by atomic mass is 16.5. The zero-order valence-corrected chi connectivity index (χ0v) is 15.2. The minimum atomic E-state index is -0.444. The Morgan fingerprint density at radius 1 is 1.15 bits per heavy atom. The van der Waals surface area contributed by atoms with E-state index in [-0.39, 0.29) is 51.5 Å². The number of methoxy groups -OCH3 is 1. The van der Waals surface area contributed by atoms with Gasteiger partial charge < -0.3 is 24.5 Å². The molecule has 3 N–H and O–H groups in total. The first-order valence-corrected chi connectivity index (χ1v) is 8.33. The van der Waals surface area contributed by atoms with Crippen molar-refractivity contribution in [3.8, 4) is 34.1 Å². The largest absolute Gasteiger partial charge is 0.507 e. The summed E-state index contributed by atoms with van der Waals surface area (Å²) in [6, 6.07) is 5.80. The third-order valence-electron chi connectivity index (χ3n) is 4.33. The maximum Gasteiger partial charge on any atom is 0.204 e. The summed E-state index contributed by atoms with van der Waals surface area (Å²) in [5.41, 5.74) is 1.60. The summed E-state index contributed by atoms with van der Waals surface area (Å²) in [6.07, 6.45) is 3.38. The molecule has 0 atom stereocenters. The molecular formula is C21H20O6. The summed E-state index contributed by atoms with van der Waals surface area (Å²) >= 11 is 0. The second kappa shape index (κ2) is 7.07. The molecule has 3 rings (SSSR count). The topological polar surface area (TPSA) is 100 Å². The Bertz CT molecular complexity index is 1100. The van der Waals surface area contributed by atoms with E-state index in [9.17, 15) is 20.1 Å². The number of phenols is 3. The van der Waals surface area contributed by atoms with Crippen LogP contribution >= 0.6 is 0 Å². The molecule has 6 heteroatoms. The average Bonchev–Trinajstić information content (AvgIpc) is 2.62. The van der Waals surface area contributed by atoms with E-state index in [0.29, 0.717) is 5.56 Å². The molecule has 0 unspecified atom stereocenters. The van der Waals surface area contributed by atoms with Gasteiger partial charge in [0.05, 0.1) is 12.7 Å². The lowest BCUT2D eigenvalue weighted by Gasteiger charge is -2.10. The Balaban J connectivity index is 2.25. The molecule has 0 amide bonds. The number of aromatic hydroxyl groups is 3. The van der Waals surface area contributed by atoms with Crippen molar-refractivity contribution >= 4 is 11.0 Å². The van der Waals surface area contributed by atoms with Crippen LogP contribution in [0.25, 0.3) is 22.1 Å². The molecule has 0 aliphatic heterocycles. The van der Waals surface area contributed by atoms with Crippen molar-refractivity contribution in [1.82, 2.24) is 0 Å². The number of ether oxygens (including phenoxy) is 1. The van der Waals surface area contributed by atoms with Crippen LogP contribution in [-0.2, 0) is 6.42 Å². The number of hydrogen-bond donors (Lipinski definition) is 3. The summed E-state index contributed by atoms with van der Waals surface area (Å²) in [7, 11) is 1.41. The minimum absolute atomic E-state index is 0.00509. The van der Waals surface area contributed by atoms with Gasteiger partial charge in [-0.1, -0.05) is 17.7 Å². The maximum atomic E-state index is 13.0. The summed E-state index contributed by atoms with van der Waals surface area (Å²) in [5.74, 6) is -0.280. The highest BCUT2D eigenvalue weighted by molar-refractivity contribution is 5.90. The van der Waals surface area contributed by atoms with Crippen molar-refractivity contribution in [2.24, 2.45) is 0 Å². The molecular weight excluding hydrogens is 348 g/mol.